The van der Waals surface area contributed by atoms with E-state index in [-0.39, 0.29) is 0 Å². The molecule has 1 aromatic carbocycles. The van der Waals surface area contributed by atoms with E-state index in [9.17, 15) is 0 Å². The molecule has 88 valence electrons. The predicted octanol–water partition coefficient (Wildman–Crippen LogP) is 2.51. The minimum Gasteiger partial charge on any atom is -0.381 e. The van der Waals surface area contributed by atoms with Crippen molar-refractivity contribution in [2.45, 2.75) is 18.9 Å². The normalized spacial score (nSPS) is 25.6. The lowest BCUT2D eigenvalue weighted by Gasteiger charge is -2.31. The minimum atomic E-state index is 0.553. The topological polar surface area (TPSA) is 21.3 Å². The predicted molar refractivity (Wildman–Crippen MR) is 66.9 cm³/mol. The molecule has 2 nitrogen and oxygen atoms in total. The molecule has 2 atom stereocenters. The van der Waals surface area contributed by atoms with Gasteiger partial charge in [-0.3, -0.25) is 0 Å². The van der Waals surface area contributed by atoms with Crippen LogP contribution in [-0.4, -0.2) is 26.3 Å². The van der Waals surface area contributed by atoms with E-state index in [2.05, 4.69) is 11.4 Å². The van der Waals surface area contributed by atoms with Crippen molar-refractivity contribution in [3.05, 3.63) is 34.9 Å². The van der Waals surface area contributed by atoms with Crippen LogP contribution in [0.4, 0.5) is 0 Å². The molecule has 1 saturated heterocycles. The summed E-state index contributed by atoms with van der Waals surface area (Å²) in [6.45, 7) is 1.72. The number of hydrogen-bond donors (Lipinski definition) is 1. The van der Waals surface area contributed by atoms with Crippen LogP contribution in [0.5, 0.6) is 0 Å². The highest BCUT2D eigenvalue weighted by Crippen LogP contribution is 2.21. The van der Waals surface area contributed by atoms with Crippen LogP contribution < -0.4 is 5.32 Å². The molecule has 1 heterocycles. The van der Waals surface area contributed by atoms with Crippen molar-refractivity contribution in [1.29, 1.82) is 0 Å². The van der Waals surface area contributed by atoms with Crippen molar-refractivity contribution in [2.24, 2.45) is 5.92 Å². The van der Waals surface area contributed by atoms with E-state index in [1.54, 1.807) is 0 Å². The molecule has 0 bridgehead atoms. The fourth-order valence-corrected chi connectivity index (χ4v) is 2.56. The molecule has 0 spiro atoms. The first-order chi connectivity index (χ1) is 7.79. The molecule has 1 aromatic rings. The Morgan fingerprint density at radius 3 is 3.12 bits per heavy atom. The Bertz CT molecular complexity index is 342. The summed E-state index contributed by atoms with van der Waals surface area (Å²) in [7, 11) is 2.03. The van der Waals surface area contributed by atoms with E-state index in [0.29, 0.717) is 12.0 Å². The summed E-state index contributed by atoms with van der Waals surface area (Å²) in [5.74, 6) is 0.553. The monoisotopic (exact) mass is 239 g/mol. The van der Waals surface area contributed by atoms with Gasteiger partial charge in [-0.2, -0.15) is 0 Å². The molecule has 1 fully saturated rings. The summed E-state index contributed by atoms with van der Waals surface area (Å²) in [5.41, 5.74) is 1.29. The quantitative estimate of drug-likeness (QED) is 0.875. The largest absolute Gasteiger partial charge is 0.381 e. The maximum atomic E-state index is 5.99. The van der Waals surface area contributed by atoms with Gasteiger partial charge in [-0.05, 0) is 37.6 Å². The van der Waals surface area contributed by atoms with Crippen molar-refractivity contribution >= 4 is 11.6 Å². The lowest BCUT2D eigenvalue weighted by Crippen LogP contribution is -2.41. The molecule has 3 heteroatoms. The van der Waals surface area contributed by atoms with Crippen LogP contribution in [0.25, 0.3) is 0 Å². The third kappa shape index (κ3) is 2.97. The van der Waals surface area contributed by atoms with Gasteiger partial charge in [0.2, 0.25) is 0 Å². The second-order valence-electron chi connectivity index (χ2n) is 4.35. The molecule has 1 aliphatic heterocycles. The maximum absolute atomic E-state index is 5.99. The molecule has 16 heavy (non-hydrogen) atoms. The smallest absolute Gasteiger partial charge is 0.0512 e. The van der Waals surface area contributed by atoms with Gasteiger partial charge in [0, 0.05) is 23.6 Å². The van der Waals surface area contributed by atoms with Crippen LogP contribution in [-0.2, 0) is 11.2 Å². The third-order valence-corrected chi connectivity index (χ3v) is 3.47. The molecule has 1 aliphatic rings. The highest BCUT2D eigenvalue weighted by molar-refractivity contribution is 6.30. The highest BCUT2D eigenvalue weighted by atomic mass is 35.5. The van der Waals surface area contributed by atoms with Gasteiger partial charge in [0.05, 0.1) is 6.61 Å². The van der Waals surface area contributed by atoms with E-state index >= 15 is 0 Å². The molecule has 0 amide bonds. The van der Waals surface area contributed by atoms with E-state index < -0.39 is 0 Å². The number of benzene rings is 1. The van der Waals surface area contributed by atoms with Gasteiger partial charge in [0.1, 0.15) is 0 Å². The van der Waals surface area contributed by atoms with Crippen LogP contribution in [0.1, 0.15) is 12.0 Å². The van der Waals surface area contributed by atoms with Gasteiger partial charge in [0.15, 0.2) is 0 Å². The van der Waals surface area contributed by atoms with Gasteiger partial charge in [-0.25, -0.2) is 0 Å². The number of ether oxygens (including phenoxy) is 1. The molecular formula is C13H18ClNO. The van der Waals surface area contributed by atoms with Crippen molar-refractivity contribution in [1.82, 2.24) is 5.32 Å². The van der Waals surface area contributed by atoms with Gasteiger partial charge >= 0.3 is 0 Å². The molecule has 0 aromatic heterocycles. The SMILES string of the molecule is CN[C@@H]1CCOC[C@H]1Cc1cccc(Cl)c1. The summed E-state index contributed by atoms with van der Waals surface area (Å²) < 4.78 is 5.54. The van der Waals surface area contributed by atoms with Gasteiger partial charge in [0.25, 0.3) is 0 Å². The average molecular weight is 240 g/mol. The summed E-state index contributed by atoms with van der Waals surface area (Å²) in [6, 6.07) is 8.66. The lowest BCUT2D eigenvalue weighted by atomic mass is 9.89. The zero-order valence-electron chi connectivity index (χ0n) is 9.58. The number of rotatable bonds is 3. The Balaban J connectivity index is 2.02. The summed E-state index contributed by atoms with van der Waals surface area (Å²) in [4.78, 5) is 0. The Labute approximate surface area is 102 Å². The molecule has 0 unspecified atom stereocenters. The van der Waals surface area contributed by atoms with Gasteiger partial charge < -0.3 is 10.1 Å². The maximum Gasteiger partial charge on any atom is 0.0512 e. The van der Waals surface area contributed by atoms with Gasteiger partial charge in [-0.15, -0.1) is 0 Å². The number of nitrogens with one attached hydrogen (secondary N) is 1. The van der Waals surface area contributed by atoms with Gasteiger partial charge in [-0.1, -0.05) is 23.7 Å². The van der Waals surface area contributed by atoms with Crippen LogP contribution in [0, 0.1) is 5.92 Å². The van der Waals surface area contributed by atoms with Crippen molar-refractivity contribution in [3.63, 3.8) is 0 Å². The molecule has 0 saturated carbocycles. The second kappa shape index (κ2) is 5.67. The minimum absolute atomic E-state index is 0.553. The van der Waals surface area contributed by atoms with Crippen molar-refractivity contribution in [2.75, 3.05) is 20.3 Å². The van der Waals surface area contributed by atoms with Crippen LogP contribution in [0.3, 0.4) is 0 Å². The van der Waals surface area contributed by atoms with Crippen LogP contribution in [0.2, 0.25) is 5.02 Å². The fraction of sp³-hybridized carbons (Fsp3) is 0.538. The molecular weight excluding hydrogens is 222 g/mol. The average Bonchev–Trinajstić information content (AvgIpc) is 2.30. The summed E-state index contributed by atoms with van der Waals surface area (Å²) in [5, 5.41) is 4.19. The molecule has 0 aliphatic carbocycles. The second-order valence-corrected chi connectivity index (χ2v) is 4.79. The summed E-state index contributed by atoms with van der Waals surface area (Å²) >= 11 is 5.99. The zero-order valence-corrected chi connectivity index (χ0v) is 10.3. The zero-order chi connectivity index (χ0) is 11.4. The Hall–Kier alpha value is -0.570. The van der Waals surface area contributed by atoms with Crippen LogP contribution in [0.15, 0.2) is 24.3 Å². The highest BCUT2D eigenvalue weighted by Gasteiger charge is 2.24. The number of hydrogen-bond acceptors (Lipinski definition) is 2. The molecule has 0 radical (unpaired) electrons. The standard InChI is InChI=1S/C13H18ClNO/c1-15-13-5-6-16-9-11(13)7-10-3-2-4-12(14)8-10/h2-4,8,11,13,15H,5-7,9H2,1H3/t11-,13-/m1/s1. The third-order valence-electron chi connectivity index (χ3n) is 3.23. The Kier molecular flexibility index (Phi) is 4.22. The van der Waals surface area contributed by atoms with E-state index in [1.165, 1.54) is 5.56 Å². The van der Waals surface area contributed by atoms with E-state index in [1.807, 2.05) is 25.2 Å². The first-order valence-corrected chi connectivity index (χ1v) is 6.17. The molecule has 2 rings (SSSR count). The molecule has 1 N–H and O–H groups in total. The Morgan fingerprint density at radius 1 is 1.50 bits per heavy atom. The van der Waals surface area contributed by atoms with Crippen molar-refractivity contribution < 1.29 is 4.74 Å². The first kappa shape index (κ1) is 11.9. The summed E-state index contributed by atoms with van der Waals surface area (Å²) in [6.07, 6.45) is 2.13. The van der Waals surface area contributed by atoms with E-state index in [0.717, 1.165) is 31.1 Å². The number of halogens is 1. The first-order valence-electron chi connectivity index (χ1n) is 5.79. The van der Waals surface area contributed by atoms with Crippen molar-refractivity contribution in [3.8, 4) is 0 Å². The van der Waals surface area contributed by atoms with Crippen LogP contribution >= 0.6 is 11.6 Å². The Morgan fingerprint density at radius 2 is 2.38 bits per heavy atom. The fourth-order valence-electron chi connectivity index (χ4n) is 2.34. The van der Waals surface area contributed by atoms with E-state index in [4.69, 9.17) is 16.3 Å². The lowest BCUT2D eigenvalue weighted by molar-refractivity contribution is 0.0342.